The van der Waals surface area contributed by atoms with Gasteiger partial charge in [0.2, 0.25) is 0 Å². The van der Waals surface area contributed by atoms with Gasteiger partial charge in [0.25, 0.3) is 0 Å². The highest BCUT2D eigenvalue weighted by Gasteiger charge is 2.11. The molecule has 1 rings (SSSR count). The first-order chi connectivity index (χ1) is 7.61. The highest BCUT2D eigenvalue weighted by atomic mass is 16.5. The Morgan fingerprint density at radius 3 is 2.56 bits per heavy atom. The molecule has 0 atom stereocenters. The van der Waals surface area contributed by atoms with Crippen molar-refractivity contribution < 1.29 is 4.74 Å². The quantitative estimate of drug-likeness (QED) is 0.790. The van der Waals surface area contributed by atoms with Gasteiger partial charge in [0.15, 0.2) is 0 Å². The van der Waals surface area contributed by atoms with Crippen LogP contribution < -0.4 is 10.1 Å². The molecule has 0 bridgehead atoms. The van der Waals surface area contributed by atoms with E-state index in [1.54, 1.807) is 7.11 Å². The van der Waals surface area contributed by atoms with Crippen LogP contribution in [0.4, 0.5) is 5.69 Å². The van der Waals surface area contributed by atoms with Crippen molar-refractivity contribution in [1.82, 2.24) is 0 Å². The highest BCUT2D eigenvalue weighted by Crippen LogP contribution is 2.33. The van der Waals surface area contributed by atoms with Crippen molar-refractivity contribution in [3.63, 3.8) is 0 Å². The van der Waals surface area contributed by atoms with E-state index in [4.69, 9.17) is 10.00 Å². The van der Waals surface area contributed by atoms with E-state index in [0.29, 0.717) is 13.0 Å². The summed E-state index contributed by atoms with van der Waals surface area (Å²) < 4.78 is 5.42. The lowest BCUT2D eigenvalue weighted by molar-refractivity contribution is 0.412. The summed E-state index contributed by atoms with van der Waals surface area (Å²) in [7, 11) is 1.68. The third-order valence-electron chi connectivity index (χ3n) is 2.73. The smallest absolute Gasteiger partial charge is 0.145 e. The highest BCUT2D eigenvalue weighted by molar-refractivity contribution is 5.66. The number of ether oxygens (including phenoxy) is 1. The lowest BCUT2D eigenvalue weighted by atomic mass is 10.0. The van der Waals surface area contributed by atoms with Crippen molar-refractivity contribution >= 4 is 5.69 Å². The fourth-order valence-corrected chi connectivity index (χ4v) is 1.77. The summed E-state index contributed by atoms with van der Waals surface area (Å²) in [6.07, 6.45) is 0.496. The Balaban J connectivity index is 3.06. The van der Waals surface area contributed by atoms with E-state index >= 15 is 0 Å². The molecule has 1 N–H and O–H groups in total. The van der Waals surface area contributed by atoms with Gasteiger partial charge in [0, 0.05) is 6.54 Å². The first kappa shape index (κ1) is 12.4. The maximum atomic E-state index is 8.52. The predicted molar refractivity (Wildman–Crippen MR) is 65.9 cm³/mol. The Bertz CT molecular complexity index is 419. The van der Waals surface area contributed by atoms with Gasteiger partial charge in [-0.1, -0.05) is 6.07 Å². The SMILES string of the molecule is COc1c(C)c(C)cc(C)c1NCCC#N. The zero-order valence-corrected chi connectivity index (χ0v) is 10.3. The van der Waals surface area contributed by atoms with Crippen LogP contribution in [0.1, 0.15) is 23.1 Å². The lowest BCUT2D eigenvalue weighted by Crippen LogP contribution is -2.06. The van der Waals surface area contributed by atoms with Gasteiger partial charge in [-0.15, -0.1) is 0 Å². The van der Waals surface area contributed by atoms with E-state index in [9.17, 15) is 0 Å². The number of rotatable bonds is 4. The number of nitriles is 1. The van der Waals surface area contributed by atoms with E-state index < -0.39 is 0 Å². The van der Waals surface area contributed by atoms with Gasteiger partial charge in [0.1, 0.15) is 5.75 Å². The molecule has 0 aromatic heterocycles. The second kappa shape index (κ2) is 5.41. The number of hydrogen-bond donors (Lipinski definition) is 1. The standard InChI is InChI=1S/C13H18N2O/c1-9-8-10(2)12(15-7-5-6-14)13(16-4)11(9)3/h8,15H,5,7H2,1-4H3. The molecule has 0 unspecified atom stereocenters. The van der Waals surface area contributed by atoms with Crippen LogP contribution in [0.5, 0.6) is 5.75 Å². The van der Waals surface area contributed by atoms with Crippen LogP contribution >= 0.6 is 0 Å². The third-order valence-corrected chi connectivity index (χ3v) is 2.73. The van der Waals surface area contributed by atoms with E-state index in [-0.39, 0.29) is 0 Å². The monoisotopic (exact) mass is 218 g/mol. The van der Waals surface area contributed by atoms with Gasteiger partial charge in [-0.05, 0) is 37.5 Å². The normalized spacial score (nSPS) is 9.69. The first-order valence-corrected chi connectivity index (χ1v) is 5.37. The molecule has 1 aromatic rings. The summed E-state index contributed by atoms with van der Waals surface area (Å²) >= 11 is 0. The minimum Gasteiger partial charge on any atom is -0.494 e. The zero-order chi connectivity index (χ0) is 12.1. The zero-order valence-electron chi connectivity index (χ0n) is 10.3. The van der Waals surface area contributed by atoms with Crippen molar-refractivity contribution in [2.45, 2.75) is 27.2 Å². The molecule has 0 aliphatic carbocycles. The Labute approximate surface area is 97.0 Å². The van der Waals surface area contributed by atoms with Crippen LogP contribution in [-0.2, 0) is 0 Å². The van der Waals surface area contributed by atoms with Gasteiger partial charge in [-0.2, -0.15) is 5.26 Å². The first-order valence-electron chi connectivity index (χ1n) is 5.37. The Hall–Kier alpha value is -1.69. The molecule has 0 aliphatic rings. The third kappa shape index (κ3) is 2.46. The van der Waals surface area contributed by atoms with Gasteiger partial charge in [-0.3, -0.25) is 0 Å². The van der Waals surface area contributed by atoms with Gasteiger partial charge >= 0.3 is 0 Å². The summed E-state index contributed by atoms with van der Waals surface area (Å²) in [5, 5.41) is 11.8. The summed E-state index contributed by atoms with van der Waals surface area (Å²) in [6, 6.07) is 4.25. The van der Waals surface area contributed by atoms with Crippen molar-refractivity contribution in [1.29, 1.82) is 5.26 Å². The molecular formula is C13H18N2O. The van der Waals surface area contributed by atoms with Crippen molar-refractivity contribution in [2.75, 3.05) is 19.0 Å². The Kier molecular flexibility index (Phi) is 4.19. The number of benzene rings is 1. The second-order valence-corrected chi connectivity index (χ2v) is 3.88. The molecular weight excluding hydrogens is 200 g/mol. The summed E-state index contributed by atoms with van der Waals surface area (Å²) in [5.41, 5.74) is 4.52. The summed E-state index contributed by atoms with van der Waals surface area (Å²) in [6.45, 7) is 6.81. The van der Waals surface area contributed by atoms with Crippen molar-refractivity contribution in [3.05, 3.63) is 22.8 Å². The van der Waals surface area contributed by atoms with E-state index in [0.717, 1.165) is 22.6 Å². The van der Waals surface area contributed by atoms with Crippen LogP contribution in [0, 0.1) is 32.1 Å². The molecule has 0 fully saturated rings. The van der Waals surface area contributed by atoms with E-state index in [1.807, 2.05) is 13.8 Å². The van der Waals surface area contributed by atoms with Crippen LogP contribution in [-0.4, -0.2) is 13.7 Å². The summed E-state index contributed by atoms with van der Waals surface area (Å²) in [4.78, 5) is 0. The molecule has 3 nitrogen and oxygen atoms in total. The molecule has 0 amide bonds. The molecule has 0 saturated heterocycles. The minimum absolute atomic E-state index is 0.496. The molecule has 16 heavy (non-hydrogen) atoms. The molecule has 1 aromatic carbocycles. The number of hydrogen-bond acceptors (Lipinski definition) is 3. The lowest BCUT2D eigenvalue weighted by Gasteiger charge is -2.17. The number of aryl methyl sites for hydroxylation is 2. The van der Waals surface area contributed by atoms with Crippen molar-refractivity contribution in [2.24, 2.45) is 0 Å². The maximum absolute atomic E-state index is 8.52. The number of nitrogens with one attached hydrogen (secondary N) is 1. The molecule has 0 heterocycles. The molecule has 0 spiro atoms. The minimum atomic E-state index is 0.496. The van der Waals surface area contributed by atoms with E-state index in [1.165, 1.54) is 5.56 Å². The Morgan fingerprint density at radius 2 is 2.00 bits per heavy atom. The molecule has 0 saturated carbocycles. The topological polar surface area (TPSA) is 45.0 Å². The number of anilines is 1. The molecule has 86 valence electrons. The molecule has 3 heteroatoms. The van der Waals surface area contributed by atoms with Gasteiger partial charge in [-0.25, -0.2) is 0 Å². The maximum Gasteiger partial charge on any atom is 0.145 e. The fourth-order valence-electron chi connectivity index (χ4n) is 1.77. The van der Waals surface area contributed by atoms with Crippen LogP contribution in [0.3, 0.4) is 0 Å². The Morgan fingerprint density at radius 1 is 1.31 bits per heavy atom. The average molecular weight is 218 g/mol. The van der Waals surface area contributed by atoms with Gasteiger partial charge < -0.3 is 10.1 Å². The largest absolute Gasteiger partial charge is 0.494 e. The number of methoxy groups -OCH3 is 1. The van der Waals surface area contributed by atoms with Crippen LogP contribution in [0.2, 0.25) is 0 Å². The van der Waals surface area contributed by atoms with Crippen LogP contribution in [0.15, 0.2) is 6.07 Å². The van der Waals surface area contributed by atoms with E-state index in [2.05, 4.69) is 24.4 Å². The molecule has 0 aliphatic heterocycles. The average Bonchev–Trinajstić information content (AvgIpc) is 2.26. The fraction of sp³-hybridized carbons (Fsp3) is 0.462. The van der Waals surface area contributed by atoms with Crippen LogP contribution in [0.25, 0.3) is 0 Å². The van der Waals surface area contributed by atoms with Crippen molar-refractivity contribution in [3.8, 4) is 11.8 Å². The summed E-state index contributed by atoms with van der Waals surface area (Å²) in [5.74, 6) is 0.885. The predicted octanol–water partition coefficient (Wildman–Crippen LogP) is 2.95. The van der Waals surface area contributed by atoms with Gasteiger partial charge in [0.05, 0.1) is 25.3 Å². The molecule has 0 radical (unpaired) electrons. The second-order valence-electron chi connectivity index (χ2n) is 3.88. The number of nitrogens with zero attached hydrogens (tertiary/aromatic N) is 1.